The van der Waals surface area contributed by atoms with Gasteiger partial charge in [-0.15, -0.1) is 0 Å². The van der Waals surface area contributed by atoms with Crippen molar-refractivity contribution >= 4 is 34.8 Å². The summed E-state index contributed by atoms with van der Waals surface area (Å²) in [6.07, 6.45) is 5.54. The molecule has 13 heavy (non-hydrogen) atoms. The predicted octanol–water partition coefficient (Wildman–Crippen LogP) is 4.57. The van der Waals surface area contributed by atoms with E-state index in [2.05, 4.69) is 13.8 Å². The second kappa shape index (κ2) is 23.0. The Morgan fingerprint density at radius 2 is 1.08 bits per heavy atom. The SMILES string of the molecule is CCCCCC.CCO.ClC(Cl)Cl. The van der Waals surface area contributed by atoms with Gasteiger partial charge in [-0.3, -0.25) is 0 Å². The molecule has 1 N–H and O–H groups in total. The lowest BCUT2D eigenvalue weighted by Crippen LogP contribution is -1.66. The average molecular weight is 252 g/mol. The van der Waals surface area contributed by atoms with Crippen LogP contribution in [0, 0.1) is 0 Å². The molecule has 0 radical (unpaired) electrons. The van der Waals surface area contributed by atoms with Crippen LogP contribution in [0.25, 0.3) is 0 Å². The van der Waals surface area contributed by atoms with Crippen LogP contribution in [0.2, 0.25) is 0 Å². The summed E-state index contributed by atoms with van der Waals surface area (Å²) in [6.45, 7) is 6.39. The average Bonchev–Trinajstić information content (AvgIpc) is 2.01. The van der Waals surface area contributed by atoms with Crippen molar-refractivity contribution in [2.24, 2.45) is 0 Å². The van der Waals surface area contributed by atoms with Gasteiger partial charge in [0, 0.05) is 6.61 Å². The highest BCUT2D eigenvalue weighted by Crippen LogP contribution is 2.03. The Labute approximate surface area is 97.4 Å². The van der Waals surface area contributed by atoms with Crippen LogP contribution in [0.4, 0.5) is 0 Å². The van der Waals surface area contributed by atoms with Gasteiger partial charge in [0.15, 0.2) is 4.30 Å². The topological polar surface area (TPSA) is 20.2 Å². The maximum absolute atomic E-state index is 7.57. The smallest absolute Gasteiger partial charge is 0.180 e. The largest absolute Gasteiger partial charge is 0.397 e. The molecule has 1 nitrogen and oxygen atoms in total. The number of halogens is 3. The van der Waals surface area contributed by atoms with Crippen molar-refractivity contribution in [3.63, 3.8) is 0 Å². The molecule has 0 atom stereocenters. The minimum Gasteiger partial charge on any atom is -0.397 e. The zero-order valence-electron chi connectivity index (χ0n) is 8.69. The third-order valence-electron chi connectivity index (χ3n) is 0.957. The first-order valence-electron chi connectivity index (χ1n) is 4.59. The van der Waals surface area contributed by atoms with Gasteiger partial charge in [0.05, 0.1) is 0 Å². The fourth-order valence-electron chi connectivity index (χ4n) is 0.500. The highest BCUT2D eigenvalue weighted by atomic mass is 35.6. The van der Waals surface area contributed by atoms with Crippen LogP contribution in [0.1, 0.15) is 46.5 Å². The lowest BCUT2D eigenvalue weighted by atomic mass is 10.2. The molecule has 0 aliphatic carbocycles. The molecule has 0 bridgehead atoms. The number of hydrogen-bond donors (Lipinski definition) is 1. The van der Waals surface area contributed by atoms with E-state index in [0.717, 1.165) is 0 Å². The van der Waals surface area contributed by atoms with Crippen LogP contribution in [0.15, 0.2) is 0 Å². The van der Waals surface area contributed by atoms with Gasteiger partial charge in [0.1, 0.15) is 0 Å². The van der Waals surface area contributed by atoms with Crippen molar-refractivity contribution in [3.05, 3.63) is 0 Å². The Morgan fingerprint density at radius 3 is 1.15 bits per heavy atom. The van der Waals surface area contributed by atoms with E-state index in [1.807, 2.05) is 0 Å². The van der Waals surface area contributed by atoms with E-state index < -0.39 is 4.30 Å². The normalized spacial score (nSPS) is 8.31. The summed E-state index contributed by atoms with van der Waals surface area (Å²) < 4.78 is -0.750. The monoisotopic (exact) mass is 250 g/mol. The van der Waals surface area contributed by atoms with Gasteiger partial charge in [-0.1, -0.05) is 74.3 Å². The second-order valence-electron chi connectivity index (χ2n) is 2.27. The van der Waals surface area contributed by atoms with Crippen molar-refractivity contribution in [1.82, 2.24) is 0 Å². The molecule has 0 aliphatic rings. The van der Waals surface area contributed by atoms with Gasteiger partial charge in [0.2, 0.25) is 0 Å². The summed E-state index contributed by atoms with van der Waals surface area (Å²) in [5, 5.41) is 7.57. The van der Waals surface area contributed by atoms with E-state index in [0.29, 0.717) is 0 Å². The third kappa shape index (κ3) is 103. The maximum Gasteiger partial charge on any atom is 0.180 e. The molecule has 0 spiro atoms. The first-order chi connectivity index (χ1) is 6.06. The Morgan fingerprint density at radius 1 is 0.923 bits per heavy atom. The fourth-order valence-corrected chi connectivity index (χ4v) is 0.500. The quantitative estimate of drug-likeness (QED) is 0.575. The maximum atomic E-state index is 7.57. The molecule has 0 aromatic carbocycles. The number of alkyl halides is 3. The van der Waals surface area contributed by atoms with Crippen LogP contribution in [0.5, 0.6) is 0 Å². The number of rotatable bonds is 3. The lowest BCUT2D eigenvalue weighted by molar-refractivity contribution is 0.318. The van der Waals surface area contributed by atoms with Gasteiger partial charge in [0.25, 0.3) is 0 Å². The van der Waals surface area contributed by atoms with E-state index in [9.17, 15) is 0 Å². The molecule has 0 unspecified atom stereocenters. The van der Waals surface area contributed by atoms with E-state index in [4.69, 9.17) is 39.9 Å². The summed E-state index contributed by atoms with van der Waals surface area (Å²) in [4.78, 5) is 0. The highest BCUT2D eigenvalue weighted by molar-refractivity contribution is 6.63. The van der Waals surface area contributed by atoms with Crippen molar-refractivity contribution in [1.29, 1.82) is 0 Å². The van der Waals surface area contributed by atoms with Crippen LogP contribution in [-0.2, 0) is 0 Å². The van der Waals surface area contributed by atoms with E-state index in [-0.39, 0.29) is 6.61 Å². The van der Waals surface area contributed by atoms with Gasteiger partial charge < -0.3 is 5.11 Å². The molecule has 0 aromatic heterocycles. The van der Waals surface area contributed by atoms with Crippen molar-refractivity contribution in [2.45, 2.75) is 50.7 Å². The molecule has 0 aromatic rings. The minimum absolute atomic E-state index is 0.250. The van der Waals surface area contributed by atoms with Gasteiger partial charge >= 0.3 is 0 Å². The molecule has 84 valence electrons. The predicted molar refractivity (Wildman–Crippen MR) is 63.9 cm³/mol. The van der Waals surface area contributed by atoms with Crippen LogP contribution >= 0.6 is 34.8 Å². The fraction of sp³-hybridized carbons (Fsp3) is 1.00. The Balaban J connectivity index is -0.000000125. The van der Waals surface area contributed by atoms with Gasteiger partial charge in [-0.25, -0.2) is 0 Å². The minimum atomic E-state index is -0.750. The Bertz CT molecular complexity index is 54.1. The number of unbranched alkanes of at least 4 members (excludes halogenated alkanes) is 3. The standard InChI is InChI=1S/C6H14.C2H6O.CHCl3/c1-3-5-6-4-2;1-2-3;2-1(3)4/h3-6H2,1-2H3;3H,2H2,1H3;1H. The lowest BCUT2D eigenvalue weighted by Gasteiger charge is -1.86. The first-order valence-corrected chi connectivity index (χ1v) is 5.90. The third-order valence-corrected chi connectivity index (χ3v) is 0.957. The number of hydrogen-bond acceptors (Lipinski definition) is 1. The van der Waals surface area contributed by atoms with Gasteiger partial charge in [-0.2, -0.15) is 0 Å². The number of aliphatic hydroxyl groups is 1. The summed E-state index contributed by atoms with van der Waals surface area (Å²) >= 11 is 14.4. The van der Waals surface area contributed by atoms with Crippen LogP contribution in [-0.4, -0.2) is 16.0 Å². The molecule has 0 fully saturated rings. The van der Waals surface area contributed by atoms with Crippen molar-refractivity contribution < 1.29 is 5.11 Å². The molecule has 0 aliphatic heterocycles. The first kappa shape index (κ1) is 19.4. The van der Waals surface area contributed by atoms with Crippen LogP contribution < -0.4 is 0 Å². The molecule has 0 heterocycles. The summed E-state index contributed by atoms with van der Waals surface area (Å²) in [5.74, 6) is 0. The molecule has 0 saturated carbocycles. The molecule has 0 amide bonds. The molecule has 4 heteroatoms. The van der Waals surface area contributed by atoms with E-state index >= 15 is 0 Å². The van der Waals surface area contributed by atoms with Gasteiger partial charge in [-0.05, 0) is 6.92 Å². The molecule has 0 rings (SSSR count). The van der Waals surface area contributed by atoms with Crippen LogP contribution in [0.3, 0.4) is 0 Å². The van der Waals surface area contributed by atoms with Crippen molar-refractivity contribution in [2.75, 3.05) is 6.61 Å². The molecular formula is C9H21Cl3O. The second-order valence-corrected chi connectivity index (χ2v) is 4.25. The molecule has 0 saturated heterocycles. The highest BCUT2D eigenvalue weighted by Gasteiger charge is 1.79. The zero-order valence-corrected chi connectivity index (χ0v) is 11.0. The Hall–Kier alpha value is 0.830. The summed E-state index contributed by atoms with van der Waals surface area (Å²) in [5.41, 5.74) is 0. The summed E-state index contributed by atoms with van der Waals surface area (Å²) in [6, 6.07) is 0. The zero-order chi connectivity index (χ0) is 11.1. The Kier molecular flexibility index (Phi) is 34.4. The number of aliphatic hydroxyl groups excluding tert-OH is 1. The summed E-state index contributed by atoms with van der Waals surface area (Å²) in [7, 11) is 0. The van der Waals surface area contributed by atoms with E-state index in [1.165, 1.54) is 25.7 Å². The van der Waals surface area contributed by atoms with E-state index in [1.54, 1.807) is 6.92 Å². The van der Waals surface area contributed by atoms with Crippen molar-refractivity contribution in [3.8, 4) is 0 Å². The molecular weight excluding hydrogens is 230 g/mol.